The fourth-order valence-corrected chi connectivity index (χ4v) is 7.42. The van der Waals surface area contributed by atoms with E-state index in [1.54, 1.807) is 6.08 Å². The van der Waals surface area contributed by atoms with Gasteiger partial charge in [-0.1, -0.05) is 166 Å². The third kappa shape index (κ3) is 28.4. The van der Waals surface area contributed by atoms with E-state index in [1.165, 1.54) is 109 Å². The molecule has 57 heavy (non-hydrogen) atoms. The quantitative estimate of drug-likeness (QED) is 0.0153. The van der Waals surface area contributed by atoms with Crippen LogP contribution in [0.1, 0.15) is 181 Å². The summed E-state index contributed by atoms with van der Waals surface area (Å²) in [5.41, 5.74) is 0. The predicted molar refractivity (Wildman–Crippen MR) is 227 cm³/mol. The van der Waals surface area contributed by atoms with Crippen LogP contribution in [0.3, 0.4) is 0 Å². The van der Waals surface area contributed by atoms with E-state index in [2.05, 4.69) is 47.7 Å². The Morgan fingerprint density at radius 3 is 1.67 bits per heavy atom. The van der Waals surface area contributed by atoms with E-state index in [9.17, 15) is 33.6 Å². The lowest BCUT2D eigenvalue weighted by molar-refractivity contribution is -0.298. The maximum absolute atomic E-state index is 13.0. The number of carbonyl (C=O) groups excluding carboxylic acids is 1. The predicted octanol–water partition coefficient (Wildman–Crippen LogP) is 8.33. The van der Waals surface area contributed by atoms with E-state index >= 15 is 0 Å². The lowest BCUT2D eigenvalue weighted by Crippen LogP contribution is -2.61. The van der Waals surface area contributed by atoms with E-state index in [-0.39, 0.29) is 18.9 Å². The molecule has 0 saturated carbocycles. The van der Waals surface area contributed by atoms with Gasteiger partial charge in [0.1, 0.15) is 24.4 Å². The zero-order valence-corrected chi connectivity index (χ0v) is 36.2. The summed E-state index contributed by atoms with van der Waals surface area (Å²) >= 11 is 0. The van der Waals surface area contributed by atoms with Crippen molar-refractivity contribution in [3.63, 3.8) is 0 Å². The summed E-state index contributed by atoms with van der Waals surface area (Å²) in [7, 11) is -5.08. The summed E-state index contributed by atoms with van der Waals surface area (Å²) in [5, 5.41) is 44.6. The highest BCUT2D eigenvalue weighted by Gasteiger charge is 2.48. The first-order valence-corrected chi connectivity index (χ1v) is 23.8. The van der Waals surface area contributed by atoms with Crippen LogP contribution in [0.2, 0.25) is 0 Å². The number of unbranched alkanes of at least 4 members (excludes halogenated alkanes) is 22. The number of carbonyl (C=O) groups is 1. The fourth-order valence-electron chi connectivity index (χ4n) is 6.91. The monoisotopic (exact) mass is 832 g/mol. The van der Waals surface area contributed by atoms with Gasteiger partial charge in [0, 0.05) is 6.42 Å². The molecule has 1 fully saturated rings. The summed E-state index contributed by atoms with van der Waals surface area (Å²) in [4.78, 5) is 13.0. The molecule has 12 nitrogen and oxygen atoms in total. The molecule has 1 aliphatic heterocycles. The van der Waals surface area contributed by atoms with Crippen molar-refractivity contribution in [2.45, 2.75) is 224 Å². The van der Waals surface area contributed by atoms with Gasteiger partial charge < -0.3 is 35.2 Å². The minimum absolute atomic E-state index is 0.264. The molecule has 13 heteroatoms. The molecule has 7 atom stereocenters. The van der Waals surface area contributed by atoms with Gasteiger partial charge in [-0.3, -0.25) is 9.35 Å². The smallest absolute Gasteiger partial charge is 0.394 e. The normalized spacial score (nSPS) is 21.6. The van der Waals surface area contributed by atoms with Crippen LogP contribution < -0.4 is 5.32 Å². The van der Waals surface area contributed by atoms with Crippen molar-refractivity contribution in [3.8, 4) is 0 Å². The molecule has 334 valence electrons. The molecular weight excluding hydrogens is 751 g/mol. The second kappa shape index (κ2) is 35.1. The van der Waals surface area contributed by atoms with Gasteiger partial charge >= 0.3 is 10.4 Å². The highest BCUT2D eigenvalue weighted by molar-refractivity contribution is 7.80. The second-order valence-corrected chi connectivity index (χ2v) is 16.7. The van der Waals surface area contributed by atoms with Crippen LogP contribution in [0, 0.1) is 0 Å². The minimum Gasteiger partial charge on any atom is -0.394 e. The average Bonchev–Trinajstić information content (AvgIpc) is 3.18. The van der Waals surface area contributed by atoms with Crippen LogP contribution in [0.15, 0.2) is 36.5 Å². The zero-order valence-electron chi connectivity index (χ0n) is 35.4. The molecule has 1 aliphatic rings. The number of amides is 1. The lowest BCUT2D eigenvalue weighted by atomic mass is 9.99. The van der Waals surface area contributed by atoms with E-state index in [4.69, 9.17) is 14.0 Å². The molecule has 1 amide bonds. The maximum Gasteiger partial charge on any atom is 0.397 e. The number of hydrogen-bond acceptors (Lipinski definition) is 10. The first-order chi connectivity index (χ1) is 27.5. The van der Waals surface area contributed by atoms with Gasteiger partial charge in [-0.25, -0.2) is 4.18 Å². The van der Waals surface area contributed by atoms with E-state index in [1.807, 2.05) is 6.08 Å². The van der Waals surface area contributed by atoms with E-state index < -0.39 is 59.9 Å². The van der Waals surface area contributed by atoms with Gasteiger partial charge in [0.05, 0.1) is 25.4 Å². The van der Waals surface area contributed by atoms with Gasteiger partial charge in [0.2, 0.25) is 5.91 Å². The van der Waals surface area contributed by atoms with Gasteiger partial charge in [-0.2, -0.15) is 8.42 Å². The first kappa shape index (κ1) is 53.3. The topological polar surface area (TPSA) is 192 Å². The van der Waals surface area contributed by atoms with E-state index in [0.717, 1.165) is 44.9 Å². The van der Waals surface area contributed by atoms with Gasteiger partial charge in [-0.05, 0) is 44.9 Å². The van der Waals surface area contributed by atoms with Crippen LogP contribution in [0.4, 0.5) is 0 Å². The number of aliphatic hydroxyl groups is 4. The summed E-state index contributed by atoms with van der Waals surface area (Å²) in [6.07, 6.45) is 31.8. The van der Waals surface area contributed by atoms with Crippen molar-refractivity contribution in [2.75, 3.05) is 13.2 Å². The fraction of sp³-hybridized carbons (Fsp3) is 0.841. The van der Waals surface area contributed by atoms with Crippen LogP contribution in [-0.4, -0.2) is 95.4 Å². The highest BCUT2D eigenvalue weighted by atomic mass is 32.3. The highest BCUT2D eigenvalue weighted by Crippen LogP contribution is 2.26. The van der Waals surface area contributed by atoms with Crippen LogP contribution in [0.5, 0.6) is 0 Å². The number of rotatable bonds is 37. The van der Waals surface area contributed by atoms with E-state index in [0.29, 0.717) is 6.42 Å². The second-order valence-electron chi connectivity index (χ2n) is 15.7. The Balaban J connectivity index is 2.50. The van der Waals surface area contributed by atoms with Crippen molar-refractivity contribution in [2.24, 2.45) is 0 Å². The van der Waals surface area contributed by atoms with Gasteiger partial charge in [0.15, 0.2) is 6.29 Å². The first-order valence-electron chi connectivity index (χ1n) is 22.4. The third-order valence-electron chi connectivity index (χ3n) is 10.4. The Morgan fingerprint density at radius 2 is 1.16 bits per heavy atom. The molecule has 0 bridgehead atoms. The number of ether oxygens (including phenoxy) is 2. The number of aliphatic hydroxyl groups excluding tert-OH is 4. The Hall–Kier alpha value is -1.68. The summed E-state index contributed by atoms with van der Waals surface area (Å²) in [5.74, 6) is -0.269. The molecule has 0 aromatic carbocycles. The summed E-state index contributed by atoms with van der Waals surface area (Å²) in [6, 6.07) is -0.943. The van der Waals surface area contributed by atoms with Crippen LogP contribution in [-0.2, 0) is 28.9 Å². The number of allylic oxidation sites excluding steroid dienone is 5. The third-order valence-corrected chi connectivity index (χ3v) is 10.9. The number of hydrogen-bond donors (Lipinski definition) is 6. The molecule has 6 N–H and O–H groups in total. The zero-order chi connectivity index (χ0) is 42.0. The Kier molecular flexibility index (Phi) is 32.9. The molecule has 1 saturated heterocycles. The molecule has 0 aliphatic carbocycles. The molecular formula is C44H81NO11S. The Morgan fingerprint density at radius 1 is 0.702 bits per heavy atom. The van der Waals surface area contributed by atoms with Crippen molar-refractivity contribution < 1.29 is 51.8 Å². The molecule has 7 unspecified atom stereocenters. The Labute approximate surface area is 345 Å². The lowest BCUT2D eigenvalue weighted by Gasteiger charge is -2.41. The summed E-state index contributed by atoms with van der Waals surface area (Å²) < 4.78 is 47.5. The number of nitrogens with one attached hydrogen (secondary N) is 1. The molecule has 1 rings (SSSR count). The van der Waals surface area contributed by atoms with Crippen LogP contribution in [0.25, 0.3) is 0 Å². The molecule has 1 heterocycles. The van der Waals surface area contributed by atoms with Crippen molar-refractivity contribution in [1.82, 2.24) is 5.32 Å². The van der Waals surface area contributed by atoms with Gasteiger partial charge in [0.25, 0.3) is 0 Å². The van der Waals surface area contributed by atoms with Crippen molar-refractivity contribution in [3.05, 3.63) is 36.5 Å². The summed E-state index contributed by atoms with van der Waals surface area (Å²) in [6.45, 7) is 3.32. The minimum atomic E-state index is -5.08. The average molecular weight is 832 g/mol. The van der Waals surface area contributed by atoms with Gasteiger partial charge in [-0.15, -0.1) is 0 Å². The molecule has 0 spiro atoms. The SMILES string of the molecule is CCCCC/C=C\C=C/CCCCCCCCCCCCC(=O)NC(COC1OC(CO)C(O)C(OS(=O)(=O)O)C1O)C(O)/C=C/CCCCCCCCCCC. The molecule has 0 aromatic rings. The van der Waals surface area contributed by atoms with Crippen molar-refractivity contribution in [1.29, 1.82) is 0 Å². The maximum atomic E-state index is 13.0. The van der Waals surface area contributed by atoms with Crippen molar-refractivity contribution >= 4 is 16.3 Å². The molecule has 0 aromatic heterocycles. The Bertz CT molecular complexity index is 1160. The molecule has 0 radical (unpaired) electrons. The standard InChI is InChI=1S/C44H81NO11S/c1-3-5-7-9-11-13-15-16-17-18-19-20-21-22-24-26-28-30-32-34-40(48)45-37(38(47)33-31-29-27-25-23-14-12-10-8-6-4-2)36-54-44-42(50)43(56-57(51,52)53)41(49)39(35-46)55-44/h11,13,15-16,31,33,37-39,41-44,46-47,49-50H,3-10,12,14,17-30,32,34-36H2,1-2H3,(H,45,48)(H,51,52,53)/b13-11-,16-15-,33-31+. The van der Waals surface area contributed by atoms with Crippen LogP contribution >= 0.6 is 0 Å². The largest absolute Gasteiger partial charge is 0.397 e.